The summed E-state index contributed by atoms with van der Waals surface area (Å²) < 4.78 is 5.95. The Balaban J connectivity index is 2.14. The SMILES string of the molecule is CC1(C)Oc2ccc(C#N)cc2C(Nc2ncccc2O)C1(C)O. The standard InChI is InChI=1S/C18H19N3O3/c1-17(2)18(3,23)15(21-16-13(22)5-4-8-20-16)12-9-11(10-19)6-7-14(12)24-17/h4-9,15,22-23H,1-3H3,(H,20,21). The third kappa shape index (κ3) is 2.43. The van der Waals surface area contributed by atoms with Crippen LogP contribution in [0.15, 0.2) is 36.5 Å². The minimum Gasteiger partial charge on any atom is -0.504 e. The number of benzene rings is 1. The lowest BCUT2D eigenvalue weighted by Crippen LogP contribution is -2.60. The number of nitriles is 1. The summed E-state index contributed by atoms with van der Waals surface area (Å²) in [6, 6.07) is 9.67. The normalized spacial score (nSPS) is 24.4. The van der Waals surface area contributed by atoms with E-state index >= 15 is 0 Å². The lowest BCUT2D eigenvalue weighted by Gasteiger charge is -2.49. The average molecular weight is 325 g/mol. The molecule has 2 atom stereocenters. The Morgan fingerprint density at radius 1 is 1.29 bits per heavy atom. The quantitative estimate of drug-likeness (QED) is 0.785. The molecule has 2 unspecified atom stereocenters. The highest BCUT2D eigenvalue weighted by atomic mass is 16.5. The van der Waals surface area contributed by atoms with Crippen LogP contribution in [0.5, 0.6) is 11.5 Å². The number of ether oxygens (including phenoxy) is 1. The summed E-state index contributed by atoms with van der Waals surface area (Å²) >= 11 is 0. The molecule has 0 fully saturated rings. The first-order valence-corrected chi connectivity index (χ1v) is 7.62. The van der Waals surface area contributed by atoms with E-state index in [4.69, 9.17) is 10.00 Å². The Morgan fingerprint density at radius 2 is 2.04 bits per heavy atom. The van der Waals surface area contributed by atoms with E-state index < -0.39 is 17.2 Å². The van der Waals surface area contributed by atoms with Crippen molar-refractivity contribution in [1.82, 2.24) is 4.98 Å². The molecular formula is C18H19N3O3. The van der Waals surface area contributed by atoms with Gasteiger partial charge in [0.1, 0.15) is 17.0 Å². The molecule has 3 N–H and O–H groups in total. The Bertz CT molecular complexity index is 824. The van der Waals surface area contributed by atoms with Crippen molar-refractivity contribution in [1.29, 1.82) is 5.26 Å². The van der Waals surface area contributed by atoms with Crippen molar-refractivity contribution in [3.05, 3.63) is 47.7 Å². The molecular weight excluding hydrogens is 306 g/mol. The Kier molecular flexibility index (Phi) is 3.61. The van der Waals surface area contributed by atoms with Crippen LogP contribution in [0.4, 0.5) is 5.82 Å². The molecule has 0 aliphatic carbocycles. The number of rotatable bonds is 2. The third-order valence-electron chi connectivity index (χ3n) is 4.66. The maximum Gasteiger partial charge on any atom is 0.169 e. The molecule has 3 rings (SSSR count). The lowest BCUT2D eigenvalue weighted by atomic mass is 9.75. The van der Waals surface area contributed by atoms with Gasteiger partial charge >= 0.3 is 0 Å². The van der Waals surface area contributed by atoms with Crippen molar-refractivity contribution in [3.8, 4) is 17.6 Å². The number of fused-ring (bicyclic) bond motifs is 1. The van der Waals surface area contributed by atoms with Crippen LogP contribution in [-0.2, 0) is 0 Å². The maximum absolute atomic E-state index is 11.1. The summed E-state index contributed by atoms with van der Waals surface area (Å²) in [4.78, 5) is 4.12. The number of nitrogens with zero attached hydrogens (tertiary/aromatic N) is 2. The molecule has 1 aliphatic heterocycles. The zero-order valence-corrected chi connectivity index (χ0v) is 13.7. The highest BCUT2D eigenvalue weighted by molar-refractivity contribution is 5.55. The molecule has 0 bridgehead atoms. The highest BCUT2D eigenvalue weighted by Crippen LogP contribution is 2.48. The largest absolute Gasteiger partial charge is 0.504 e. The molecule has 1 aromatic carbocycles. The van der Waals surface area contributed by atoms with Crippen LogP contribution < -0.4 is 10.1 Å². The van der Waals surface area contributed by atoms with Gasteiger partial charge in [-0.2, -0.15) is 5.26 Å². The van der Waals surface area contributed by atoms with Crippen molar-refractivity contribution < 1.29 is 14.9 Å². The number of pyridine rings is 1. The van der Waals surface area contributed by atoms with Crippen LogP contribution in [0.3, 0.4) is 0 Å². The van der Waals surface area contributed by atoms with Gasteiger partial charge in [0.2, 0.25) is 0 Å². The smallest absolute Gasteiger partial charge is 0.169 e. The number of aromatic nitrogens is 1. The highest BCUT2D eigenvalue weighted by Gasteiger charge is 2.53. The van der Waals surface area contributed by atoms with Gasteiger partial charge < -0.3 is 20.3 Å². The lowest BCUT2D eigenvalue weighted by molar-refractivity contribution is -0.128. The van der Waals surface area contributed by atoms with Gasteiger partial charge in [0.15, 0.2) is 11.6 Å². The van der Waals surface area contributed by atoms with Crippen molar-refractivity contribution in [2.75, 3.05) is 5.32 Å². The van der Waals surface area contributed by atoms with E-state index in [-0.39, 0.29) is 11.6 Å². The van der Waals surface area contributed by atoms with Gasteiger partial charge in [-0.1, -0.05) is 0 Å². The first kappa shape index (κ1) is 16.1. The van der Waals surface area contributed by atoms with Crippen molar-refractivity contribution in [2.45, 2.75) is 38.0 Å². The van der Waals surface area contributed by atoms with Gasteiger partial charge in [0.05, 0.1) is 17.7 Å². The predicted octanol–water partition coefficient (Wildman–Crippen LogP) is 2.73. The van der Waals surface area contributed by atoms with Gasteiger partial charge in [-0.3, -0.25) is 0 Å². The summed E-state index contributed by atoms with van der Waals surface area (Å²) in [5.74, 6) is 0.822. The van der Waals surface area contributed by atoms with Crippen molar-refractivity contribution >= 4 is 5.82 Å². The van der Waals surface area contributed by atoms with Gasteiger partial charge in [-0.15, -0.1) is 0 Å². The fourth-order valence-corrected chi connectivity index (χ4v) is 2.83. The summed E-state index contributed by atoms with van der Waals surface area (Å²) in [5, 5.41) is 33.4. The number of aromatic hydroxyl groups is 1. The van der Waals surface area contributed by atoms with Crippen LogP contribution in [0.2, 0.25) is 0 Å². The zero-order valence-electron chi connectivity index (χ0n) is 13.7. The van der Waals surface area contributed by atoms with E-state index in [1.54, 1.807) is 51.2 Å². The first-order valence-electron chi connectivity index (χ1n) is 7.62. The number of hydrogen-bond donors (Lipinski definition) is 3. The van der Waals surface area contributed by atoms with Crippen LogP contribution in [-0.4, -0.2) is 26.4 Å². The first-order chi connectivity index (χ1) is 11.3. The van der Waals surface area contributed by atoms with E-state index in [0.717, 1.165) is 0 Å². The molecule has 6 nitrogen and oxygen atoms in total. The topological polar surface area (TPSA) is 98.4 Å². The van der Waals surface area contributed by atoms with Crippen LogP contribution in [0.1, 0.15) is 37.9 Å². The van der Waals surface area contributed by atoms with Crippen LogP contribution >= 0.6 is 0 Å². The van der Waals surface area contributed by atoms with Gasteiger partial charge in [0.25, 0.3) is 0 Å². The minimum atomic E-state index is -1.32. The number of hydrogen-bond acceptors (Lipinski definition) is 6. The molecule has 0 saturated heterocycles. The van der Waals surface area contributed by atoms with E-state index in [2.05, 4.69) is 16.4 Å². The average Bonchev–Trinajstić information content (AvgIpc) is 2.53. The number of anilines is 1. The number of nitrogens with one attached hydrogen (secondary N) is 1. The molecule has 24 heavy (non-hydrogen) atoms. The molecule has 0 saturated carbocycles. The zero-order chi connectivity index (χ0) is 17.5. The molecule has 0 radical (unpaired) electrons. The van der Waals surface area contributed by atoms with E-state index in [9.17, 15) is 10.2 Å². The molecule has 0 spiro atoms. The Hall–Kier alpha value is -2.78. The molecule has 0 amide bonds. The second-order valence-electron chi connectivity index (χ2n) is 6.57. The van der Waals surface area contributed by atoms with E-state index in [1.165, 1.54) is 6.07 Å². The second kappa shape index (κ2) is 5.39. The molecule has 6 heteroatoms. The van der Waals surface area contributed by atoms with E-state index in [1.807, 2.05) is 0 Å². The van der Waals surface area contributed by atoms with E-state index in [0.29, 0.717) is 16.9 Å². The minimum absolute atomic E-state index is 0.0180. The van der Waals surface area contributed by atoms with Gasteiger partial charge in [-0.05, 0) is 51.1 Å². The molecule has 1 aliphatic rings. The third-order valence-corrected chi connectivity index (χ3v) is 4.66. The molecule has 124 valence electrons. The summed E-state index contributed by atoms with van der Waals surface area (Å²) in [5.41, 5.74) is -1.11. The molecule has 2 heterocycles. The Morgan fingerprint density at radius 3 is 2.71 bits per heavy atom. The summed E-state index contributed by atoms with van der Waals surface area (Å²) in [6.45, 7) is 5.24. The second-order valence-corrected chi connectivity index (χ2v) is 6.57. The number of aliphatic hydroxyl groups is 1. The van der Waals surface area contributed by atoms with Crippen LogP contribution in [0.25, 0.3) is 0 Å². The fourth-order valence-electron chi connectivity index (χ4n) is 2.83. The van der Waals surface area contributed by atoms with Crippen molar-refractivity contribution in [3.63, 3.8) is 0 Å². The summed E-state index contributed by atoms with van der Waals surface area (Å²) in [6.07, 6.45) is 1.55. The van der Waals surface area contributed by atoms with Crippen LogP contribution in [0, 0.1) is 11.3 Å². The molecule has 2 aromatic rings. The van der Waals surface area contributed by atoms with Crippen molar-refractivity contribution in [2.24, 2.45) is 0 Å². The summed E-state index contributed by atoms with van der Waals surface area (Å²) in [7, 11) is 0. The predicted molar refractivity (Wildman–Crippen MR) is 88.8 cm³/mol. The molecule has 1 aromatic heterocycles. The van der Waals surface area contributed by atoms with Gasteiger partial charge in [0, 0.05) is 11.8 Å². The monoisotopic (exact) mass is 325 g/mol. The Labute approximate surface area is 140 Å². The maximum atomic E-state index is 11.1. The van der Waals surface area contributed by atoms with Gasteiger partial charge in [-0.25, -0.2) is 4.98 Å². The fraction of sp³-hybridized carbons (Fsp3) is 0.333.